The average Bonchev–Trinajstić information content (AvgIpc) is 2.99. The fourth-order valence-corrected chi connectivity index (χ4v) is 6.13. The minimum absolute atomic E-state index is 0.0181. The Morgan fingerprint density at radius 2 is 1.24 bits per heavy atom. The summed E-state index contributed by atoms with van der Waals surface area (Å²) in [7, 11) is 0. The molecule has 0 bridgehead atoms. The van der Waals surface area contributed by atoms with Gasteiger partial charge in [-0.15, -0.1) is 0 Å². The molecule has 0 unspecified atom stereocenters. The third-order valence-corrected chi connectivity index (χ3v) is 8.59. The van der Waals surface area contributed by atoms with E-state index < -0.39 is 52.3 Å². The number of halogens is 8. The van der Waals surface area contributed by atoms with Gasteiger partial charge in [-0.25, -0.2) is 26.3 Å². The average molecular weight is 633 g/mol. The van der Waals surface area contributed by atoms with Crippen LogP contribution in [0.1, 0.15) is 75.3 Å². The molecule has 0 aromatic heterocycles. The van der Waals surface area contributed by atoms with Crippen molar-refractivity contribution in [3.05, 3.63) is 113 Å². The van der Waals surface area contributed by atoms with E-state index in [9.17, 15) is 22.0 Å². The summed E-state index contributed by atoms with van der Waals surface area (Å²) in [6.07, 6.45) is 3.49. The van der Waals surface area contributed by atoms with Gasteiger partial charge in [0.1, 0.15) is 28.8 Å². The number of ether oxygens (including phenoxy) is 1. The summed E-state index contributed by atoms with van der Waals surface area (Å²) >= 11 is 0. The Morgan fingerprint density at radius 3 is 1.82 bits per heavy atom. The van der Waals surface area contributed by atoms with E-state index in [0.717, 1.165) is 81.3 Å². The van der Waals surface area contributed by atoms with E-state index >= 15 is 13.2 Å². The topological polar surface area (TPSA) is 9.23 Å². The minimum Gasteiger partial charge on any atom is -0.429 e. The molecular weight excluding hydrogens is 600 g/mol. The summed E-state index contributed by atoms with van der Waals surface area (Å²) in [5.41, 5.74) is -0.555. The molecular formula is C36H32F8O. The molecule has 1 fully saturated rings. The molecule has 0 atom stereocenters. The van der Waals surface area contributed by atoms with Crippen molar-refractivity contribution in [1.82, 2.24) is 0 Å². The quantitative estimate of drug-likeness (QED) is 0.0960. The van der Waals surface area contributed by atoms with E-state index in [0.29, 0.717) is 28.7 Å². The van der Waals surface area contributed by atoms with Gasteiger partial charge in [0, 0.05) is 11.6 Å². The van der Waals surface area contributed by atoms with Crippen molar-refractivity contribution in [2.45, 2.75) is 70.3 Å². The molecule has 0 heterocycles. The van der Waals surface area contributed by atoms with Gasteiger partial charge >= 0.3 is 6.11 Å². The molecule has 5 rings (SSSR count). The van der Waals surface area contributed by atoms with Crippen LogP contribution in [0.15, 0.2) is 66.7 Å². The smallest absolute Gasteiger partial charge is 0.429 e. The molecule has 45 heavy (non-hydrogen) atoms. The molecule has 0 radical (unpaired) electrons. The lowest BCUT2D eigenvalue weighted by Crippen LogP contribution is -2.26. The van der Waals surface area contributed by atoms with Crippen molar-refractivity contribution in [3.8, 4) is 28.0 Å². The second-order valence-corrected chi connectivity index (χ2v) is 11.7. The Morgan fingerprint density at radius 1 is 0.644 bits per heavy atom. The van der Waals surface area contributed by atoms with E-state index in [2.05, 4.69) is 11.7 Å². The van der Waals surface area contributed by atoms with Crippen LogP contribution in [-0.2, 0) is 6.11 Å². The highest BCUT2D eigenvalue weighted by Crippen LogP contribution is 2.41. The Kier molecular flexibility index (Phi) is 9.85. The summed E-state index contributed by atoms with van der Waals surface area (Å²) in [6.45, 7) is 2.14. The SMILES string of the molecule is CCCCCC1CCC(c2cc(F)c(C(F)(F)Oc3ccc(-c4ccc(-c5cc(F)c(F)c(F)c5)cc4)c(F)c3)c(F)c2)CC1. The fraction of sp³-hybridized carbons (Fsp3) is 0.333. The highest BCUT2D eigenvalue weighted by molar-refractivity contribution is 5.71. The predicted octanol–water partition coefficient (Wildman–Crippen LogP) is 11.8. The first kappa shape index (κ1) is 32.5. The van der Waals surface area contributed by atoms with Crippen LogP contribution in [0.4, 0.5) is 35.1 Å². The maximum Gasteiger partial charge on any atom is 0.432 e. The monoisotopic (exact) mass is 632 g/mol. The highest BCUT2D eigenvalue weighted by atomic mass is 19.3. The Bertz CT molecular complexity index is 1600. The van der Waals surface area contributed by atoms with Gasteiger partial charge in [-0.3, -0.25) is 0 Å². The predicted molar refractivity (Wildman–Crippen MR) is 157 cm³/mol. The van der Waals surface area contributed by atoms with Gasteiger partial charge in [0.2, 0.25) is 0 Å². The Labute approximate surface area is 256 Å². The first-order valence-electron chi connectivity index (χ1n) is 15.1. The van der Waals surface area contributed by atoms with Crippen LogP contribution in [-0.4, -0.2) is 0 Å². The van der Waals surface area contributed by atoms with Crippen molar-refractivity contribution < 1.29 is 39.9 Å². The zero-order valence-corrected chi connectivity index (χ0v) is 24.6. The number of alkyl halides is 2. The molecule has 0 N–H and O–H groups in total. The van der Waals surface area contributed by atoms with Gasteiger partial charge in [0.25, 0.3) is 0 Å². The van der Waals surface area contributed by atoms with E-state index in [4.69, 9.17) is 0 Å². The molecule has 9 heteroatoms. The van der Waals surface area contributed by atoms with Crippen LogP contribution < -0.4 is 4.74 Å². The maximum absolute atomic E-state index is 15.1. The third-order valence-electron chi connectivity index (χ3n) is 8.59. The van der Waals surface area contributed by atoms with Crippen LogP contribution in [0, 0.1) is 40.8 Å². The van der Waals surface area contributed by atoms with E-state index in [1.54, 1.807) is 0 Å². The van der Waals surface area contributed by atoms with Crippen molar-refractivity contribution in [1.29, 1.82) is 0 Å². The molecule has 1 nitrogen and oxygen atoms in total. The van der Waals surface area contributed by atoms with Gasteiger partial charge in [0.15, 0.2) is 17.5 Å². The van der Waals surface area contributed by atoms with Crippen molar-refractivity contribution in [2.75, 3.05) is 0 Å². The lowest BCUT2D eigenvalue weighted by Gasteiger charge is -2.29. The minimum atomic E-state index is -4.43. The summed E-state index contributed by atoms with van der Waals surface area (Å²) in [5, 5.41) is 0. The molecule has 1 aliphatic carbocycles. The molecule has 4 aromatic carbocycles. The van der Waals surface area contributed by atoms with E-state index in [-0.39, 0.29) is 17.0 Å². The molecule has 0 saturated heterocycles. The Hall–Kier alpha value is -3.88. The first-order chi connectivity index (χ1) is 21.5. The van der Waals surface area contributed by atoms with Gasteiger partial charge in [-0.1, -0.05) is 56.9 Å². The summed E-state index contributed by atoms with van der Waals surface area (Å²) < 4.78 is 120. The number of hydrogen-bond acceptors (Lipinski definition) is 1. The van der Waals surface area contributed by atoms with Crippen LogP contribution in [0.3, 0.4) is 0 Å². The molecule has 0 spiro atoms. The standard InChI is InChI=1S/C36H32F8O/c1-2-3-4-5-21-6-8-22(9-7-21)25-16-30(38)34(31(39)17-25)36(43,44)45-27-14-15-28(29(37)20-27)24-12-10-23(11-13-24)26-18-32(40)35(42)33(41)19-26/h10-22H,2-9H2,1H3. The zero-order valence-electron chi connectivity index (χ0n) is 24.6. The third kappa shape index (κ3) is 7.34. The second kappa shape index (κ2) is 13.6. The summed E-state index contributed by atoms with van der Waals surface area (Å²) in [6, 6.07) is 12.1. The van der Waals surface area contributed by atoms with Crippen LogP contribution in [0.5, 0.6) is 5.75 Å². The fourth-order valence-electron chi connectivity index (χ4n) is 6.13. The van der Waals surface area contributed by atoms with Crippen molar-refractivity contribution in [3.63, 3.8) is 0 Å². The number of unbranched alkanes of at least 4 members (excludes halogenated alkanes) is 2. The maximum atomic E-state index is 15.1. The highest BCUT2D eigenvalue weighted by Gasteiger charge is 2.41. The van der Waals surface area contributed by atoms with Gasteiger partial charge in [-0.05, 0) is 96.2 Å². The van der Waals surface area contributed by atoms with E-state index in [1.165, 1.54) is 30.7 Å². The molecule has 1 saturated carbocycles. The van der Waals surface area contributed by atoms with E-state index in [1.807, 2.05) is 0 Å². The summed E-state index contributed by atoms with van der Waals surface area (Å²) in [5.74, 6) is -8.35. The van der Waals surface area contributed by atoms with Crippen LogP contribution in [0.2, 0.25) is 0 Å². The largest absolute Gasteiger partial charge is 0.432 e. The van der Waals surface area contributed by atoms with Gasteiger partial charge in [0.05, 0.1) is 0 Å². The molecule has 238 valence electrons. The molecule has 4 aromatic rings. The molecule has 0 amide bonds. The number of benzene rings is 4. The second-order valence-electron chi connectivity index (χ2n) is 11.7. The zero-order chi connectivity index (χ0) is 32.3. The lowest BCUT2D eigenvalue weighted by molar-refractivity contribution is -0.189. The van der Waals surface area contributed by atoms with Crippen LogP contribution in [0.25, 0.3) is 22.3 Å². The Balaban J connectivity index is 1.28. The number of hydrogen-bond donors (Lipinski definition) is 0. The normalized spacial score (nSPS) is 17.0. The molecule has 1 aliphatic rings. The van der Waals surface area contributed by atoms with Crippen molar-refractivity contribution in [2.24, 2.45) is 5.92 Å². The van der Waals surface area contributed by atoms with Gasteiger partial charge in [-0.2, -0.15) is 8.78 Å². The van der Waals surface area contributed by atoms with Gasteiger partial charge < -0.3 is 4.74 Å². The number of rotatable bonds is 10. The first-order valence-corrected chi connectivity index (χ1v) is 15.1. The van der Waals surface area contributed by atoms with Crippen molar-refractivity contribution >= 4 is 0 Å². The lowest BCUT2D eigenvalue weighted by atomic mass is 9.77. The molecule has 0 aliphatic heterocycles. The van der Waals surface area contributed by atoms with Crippen LogP contribution >= 0.6 is 0 Å². The summed E-state index contributed by atoms with van der Waals surface area (Å²) in [4.78, 5) is 0.